The average molecular weight is 212 g/mol. The minimum Gasteiger partial charge on any atom is -0.377 e. The van der Waals surface area contributed by atoms with Gasteiger partial charge in [0.15, 0.2) is 0 Å². The van der Waals surface area contributed by atoms with Gasteiger partial charge in [-0.2, -0.15) is 0 Å². The summed E-state index contributed by atoms with van der Waals surface area (Å²) < 4.78 is 11.1. The van der Waals surface area contributed by atoms with Crippen molar-refractivity contribution in [3.8, 4) is 0 Å². The fourth-order valence-corrected chi connectivity index (χ4v) is 1.42. The Kier molecular flexibility index (Phi) is 8.34. The third-order valence-corrected chi connectivity index (χ3v) is 2.79. The second-order valence-electron chi connectivity index (χ2n) is 3.81. The molecule has 0 bridgehead atoms. The highest BCUT2D eigenvalue weighted by Crippen LogP contribution is 2.27. The van der Waals surface area contributed by atoms with E-state index in [0.717, 1.165) is 26.1 Å². The van der Waals surface area contributed by atoms with Crippen LogP contribution in [0.3, 0.4) is 0 Å². The van der Waals surface area contributed by atoms with Gasteiger partial charge in [-0.3, -0.25) is 0 Å². The first kappa shape index (κ1) is 14.4. The van der Waals surface area contributed by atoms with E-state index in [2.05, 4.69) is 27.0 Å². The molecule has 0 aromatic carbocycles. The Hall–Kier alpha value is -0.600. The summed E-state index contributed by atoms with van der Waals surface area (Å²) in [6, 6.07) is 0. The summed E-state index contributed by atoms with van der Waals surface area (Å²) in [4.78, 5) is 0. The first-order chi connectivity index (χ1) is 7.24. The van der Waals surface area contributed by atoms with Crippen LogP contribution in [-0.4, -0.2) is 26.4 Å². The van der Waals surface area contributed by atoms with Crippen molar-refractivity contribution < 1.29 is 9.47 Å². The normalized spacial score (nSPS) is 11.3. The molecular formula is C13H24O2. The van der Waals surface area contributed by atoms with Crippen molar-refractivity contribution in [1.29, 1.82) is 0 Å². The van der Waals surface area contributed by atoms with Gasteiger partial charge in [0.2, 0.25) is 0 Å². The lowest BCUT2D eigenvalue weighted by Gasteiger charge is -2.30. The van der Waals surface area contributed by atoms with Crippen molar-refractivity contribution in [2.24, 2.45) is 5.41 Å². The fraction of sp³-hybridized carbons (Fsp3) is 0.692. The lowest BCUT2D eigenvalue weighted by atomic mass is 9.84. The molecule has 2 heteroatoms. The number of rotatable bonds is 10. The van der Waals surface area contributed by atoms with Crippen LogP contribution in [0.25, 0.3) is 0 Å². The molecule has 15 heavy (non-hydrogen) atoms. The molecule has 0 fully saturated rings. The number of ether oxygens (including phenoxy) is 2. The zero-order chi connectivity index (χ0) is 11.6. The van der Waals surface area contributed by atoms with Crippen LogP contribution < -0.4 is 0 Å². The molecule has 0 aliphatic carbocycles. The Bertz CT molecular complexity index is 155. The van der Waals surface area contributed by atoms with E-state index in [1.54, 1.807) is 12.2 Å². The second-order valence-corrected chi connectivity index (χ2v) is 3.81. The zero-order valence-corrected chi connectivity index (χ0v) is 10.1. The van der Waals surface area contributed by atoms with E-state index >= 15 is 0 Å². The van der Waals surface area contributed by atoms with Crippen molar-refractivity contribution in [3.63, 3.8) is 0 Å². The molecule has 88 valence electrons. The van der Waals surface area contributed by atoms with Gasteiger partial charge >= 0.3 is 0 Å². The van der Waals surface area contributed by atoms with Gasteiger partial charge in [0.1, 0.15) is 0 Å². The molecule has 0 saturated heterocycles. The van der Waals surface area contributed by atoms with Crippen LogP contribution >= 0.6 is 0 Å². The van der Waals surface area contributed by atoms with Crippen molar-refractivity contribution >= 4 is 0 Å². The van der Waals surface area contributed by atoms with Crippen LogP contribution in [0.2, 0.25) is 0 Å². The fourth-order valence-electron chi connectivity index (χ4n) is 1.42. The SMILES string of the molecule is C=CCOCC(CC)(CC)COCC=C. The summed E-state index contributed by atoms with van der Waals surface area (Å²) in [6.45, 7) is 14.3. The van der Waals surface area contributed by atoms with Gasteiger partial charge in [-0.05, 0) is 12.8 Å². The van der Waals surface area contributed by atoms with Crippen molar-refractivity contribution in [1.82, 2.24) is 0 Å². The standard InChI is InChI=1S/C13H24O2/c1-5-9-14-11-13(7-3,8-4)12-15-10-6-2/h5-6H,1-2,7-12H2,3-4H3. The Morgan fingerprint density at radius 2 is 1.33 bits per heavy atom. The lowest BCUT2D eigenvalue weighted by molar-refractivity contribution is -0.0137. The molecule has 0 atom stereocenters. The molecule has 0 rings (SSSR count). The third-order valence-electron chi connectivity index (χ3n) is 2.79. The van der Waals surface area contributed by atoms with Gasteiger partial charge in [-0.25, -0.2) is 0 Å². The summed E-state index contributed by atoms with van der Waals surface area (Å²) in [5.74, 6) is 0. The van der Waals surface area contributed by atoms with Gasteiger partial charge in [0, 0.05) is 5.41 Å². The maximum Gasteiger partial charge on any atom is 0.0645 e. The van der Waals surface area contributed by atoms with Gasteiger partial charge < -0.3 is 9.47 Å². The van der Waals surface area contributed by atoms with Crippen LogP contribution in [-0.2, 0) is 9.47 Å². The van der Waals surface area contributed by atoms with E-state index in [9.17, 15) is 0 Å². The first-order valence-corrected chi connectivity index (χ1v) is 5.62. The van der Waals surface area contributed by atoms with E-state index in [4.69, 9.17) is 9.47 Å². The summed E-state index contributed by atoms with van der Waals surface area (Å²) in [5.41, 5.74) is 0.145. The minimum atomic E-state index is 0.145. The molecule has 0 amide bonds. The van der Waals surface area contributed by atoms with E-state index < -0.39 is 0 Å². The van der Waals surface area contributed by atoms with E-state index in [1.807, 2.05) is 0 Å². The predicted molar refractivity (Wildman–Crippen MR) is 65.0 cm³/mol. The monoisotopic (exact) mass is 212 g/mol. The molecule has 0 radical (unpaired) electrons. The Morgan fingerprint density at radius 1 is 0.933 bits per heavy atom. The van der Waals surface area contributed by atoms with E-state index in [1.165, 1.54) is 0 Å². The lowest BCUT2D eigenvalue weighted by Crippen LogP contribution is -2.31. The summed E-state index contributed by atoms with van der Waals surface area (Å²) in [6.07, 6.45) is 5.69. The highest BCUT2D eigenvalue weighted by atomic mass is 16.5. The Balaban J connectivity index is 4.03. The van der Waals surface area contributed by atoms with Crippen LogP contribution in [0.1, 0.15) is 26.7 Å². The van der Waals surface area contributed by atoms with Crippen molar-refractivity contribution in [2.75, 3.05) is 26.4 Å². The third kappa shape index (κ3) is 5.75. The van der Waals surface area contributed by atoms with Crippen molar-refractivity contribution in [3.05, 3.63) is 25.3 Å². The molecule has 0 heterocycles. The van der Waals surface area contributed by atoms with E-state index in [0.29, 0.717) is 13.2 Å². The molecule has 2 nitrogen and oxygen atoms in total. The molecule has 0 aromatic rings. The summed E-state index contributed by atoms with van der Waals surface area (Å²) >= 11 is 0. The maximum atomic E-state index is 5.54. The van der Waals surface area contributed by atoms with Crippen LogP contribution in [0, 0.1) is 5.41 Å². The summed E-state index contributed by atoms with van der Waals surface area (Å²) in [5, 5.41) is 0. The number of hydrogen-bond acceptors (Lipinski definition) is 2. The van der Waals surface area contributed by atoms with Crippen LogP contribution in [0.15, 0.2) is 25.3 Å². The molecule has 0 aliphatic heterocycles. The molecular weight excluding hydrogens is 188 g/mol. The minimum absolute atomic E-state index is 0.145. The highest BCUT2D eigenvalue weighted by Gasteiger charge is 2.26. The smallest absolute Gasteiger partial charge is 0.0645 e. The average Bonchev–Trinajstić information content (AvgIpc) is 2.28. The van der Waals surface area contributed by atoms with Crippen LogP contribution in [0.4, 0.5) is 0 Å². The first-order valence-electron chi connectivity index (χ1n) is 5.62. The van der Waals surface area contributed by atoms with Gasteiger partial charge in [-0.15, -0.1) is 13.2 Å². The summed E-state index contributed by atoms with van der Waals surface area (Å²) in [7, 11) is 0. The largest absolute Gasteiger partial charge is 0.377 e. The molecule has 0 saturated carbocycles. The molecule has 0 unspecified atom stereocenters. The Morgan fingerprint density at radius 3 is 1.60 bits per heavy atom. The molecule has 0 aromatic heterocycles. The quantitative estimate of drug-likeness (QED) is 0.409. The topological polar surface area (TPSA) is 18.5 Å². The molecule has 0 spiro atoms. The second kappa shape index (κ2) is 8.69. The van der Waals surface area contributed by atoms with Crippen LogP contribution in [0.5, 0.6) is 0 Å². The zero-order valence-electron chi connectivity index (χ0n) is 10.1. The molecule has 0 N–H and O–H groups in total. The van der Waals surface area contributed by atoms with E-state index in [-0.39, 0.29) is 5.41 Å². The molecule has 0 aliphatic rings. The van der Waals surface area contributed by atoms with Gasteiger partial charge in [0.05, 0.1) is 26.4 Å². The van der Waals surface area contributed by atoms with Gasteiger partial charge in [0.25, 0.3) is 0 Å². The predicted octanol–water partition coefficient (Wildman–Crippen LogP) is 3.20. The Labute approximate surface area is 94.0 Å². The number of hydrogen-bond donors (Lipinski definition) is 0. The van der Waals surface area contributed by atoms with Crippen molar-refractivity contribution in [2.45, 2.75) is 26.7 Å². The van der Waals surface area contributed by atoms with Gasteiger partial charge in [-0.1, -0.05) is 26.0 Å². The maximum absolute atomic E-state index is 5.54. The highest BCUT2D eigenvalue weighted by molar-refractivity contribution is 4.78.